The molecule has 0 bridgehead atoms. The molecule has 11 heteroatoms. The zero-order chi connectivity index (χ0) is 21.6. The highest BCUT2D eigenvalue weighted by Gasteiger charge is 2.30. The summed E-state index contributed by atoms with van der Waals surface area (Å²) in [4.78, 5) is 30.2. The van der Waals surface area contributed by atoms with Crippen molar-refractivity contribution in [3.63, 3.8) is 0 Å². The Balaban J connectivity index is 1.37. The Morgan fingerprint density at radius 2 is 1.93 bits per heavy atom. The highest BCUT2D eigenvalue weighted by Crippen LogP contribution is 2.33. The molecule has 2 N–H and O–H groups in total. The van der Waals surface area contributed by atoms with Gasteiger partial charge < -0.3 is 15.4 Å². The molecule has 0 saturated carbocycles. The molecule has 1 fully saturated rings. The first kappa shape index (κ1) is 22.4. The van der Waals surface area contributed by atoms with Crippen molar-refractivity contribution in [3.05, 3.63) is 28.8 Å². The Hall–Kier alpha value is -2.24. The molecule has 0 atom stereocenters. The van der Waals surface area contributed by atoms with E-state index in [0.29, 0.717) is 35.9 Å². The van der Waals surface area contributed by atoms with Crippen LogP contribution in [0.1, 0.15) is 17.0 Å². The van der Waals surface area contributed by atoms with Crippen LogP contribution in [0.2, 0.25) is 0 Å². The minimum atomic E-state index is -4.42. The topological polar surface area (TPSA) is 83.6 Å². The number of amides is 2. The Morgan fingerprint density at radius 1 is 1.17 bits per heavy atom. The number of alkyl halides is 3. The van der Waals surface area contributed by atoms with Gasteiger partial charge in [-0.2, -0.15) is 13.2 Å². The first-order chi connectivity index (χ1) is 14.3. The lowest BCUT2D eigenvalue weighted by molar-refractivity contribution is -0.137. The minimum absolute atomic E-state index is 0.104. The molecule has 0 aliphatic carbocycles. The lowest BCUT2D eigenvalue weighted by Gasteiger charge is -2.26. The number of ether oxygens (including phenoxy) is 1. The molecule has 1 aliphatic rings. The van der Waals surface area contributed by atoms with E-state index in [4.69, 9.17) is 4.74 Å². The van der Waals surface area contributed by atoms with Gasteiger partial charge in [0.2, 0.25) is 11.8 Å². The van der Waals surface area contributed by atoms with E-state index in [0.717, 1.165) is 31.8 Å². The number of hydrogen-bond acceptors (Lipinski definition) is 6. The molecule has 7 nitrogen and oxygen atoms in total. The zero-order valence-electron chi connectivity index (χ0n) is 16.3. The molecule has 1 aromatic carbocycles. The number of thiazole rings is 1. The van der Waals surface area contributed by atoms with Crippen molar-refractivity contribution in [2.75, 3.05) is 45.9 Å². The monoisotopic (exact) mass is 444 g/mol. The first-order valence-electron chi connectivity index (χ1n) is 9.61. The number of carbonyl (C=O) groups excluding carboxylic acids is 2. The predicted octanol–water partition coefficient (Wildman–Crippen LogP) is 1.81. The fourth-order valence-electron chi connectivity index (χ4n) is 2.99. The Labute approximate surface area is 175 Å². The van der Waals surface area contributed by atoms with E-state index < -0.39 is 11.7 Å². The van der Waals surface area contributed by atoms with Crippen LogP contribution in [0.25, 0.3) is 10.2 Å². The van der Waals surface area contributed by atoms with Crippen molar-refractivity contribution in [1.82, 2.24) is 20.5 Å². The van der Waals surface area contributed by atoms with Crippen molar-refractivity contribution >= 4 is 33.4 Å². The minimum Gasteiger partial charge on any atom is -0.379 e. The van der Waals surface area contributed by atoms with Gasteiger partial charge in [-0.05, 0) is 18.2 Å². The van der Waals surface area contributed by atoms with Crippen LogP contribution in [0.4, 0.5) is 13.2 Å². The number of nitrogens with one attached hydrogen (secondary N) is 2. The van der Waals surface area contributed by atoms with Crippen molar-refractivity contribution < 1.29 is 27.5 Å². The molecule has 1 saturated heterocycles. The van der Waals surface area contributed by atoms with Gasteiger partial charge in [0, 0.05) is 39.0 Å². The highest BCUT2D eigenvalue weighted by atomic mass is 32.1. The molecule has 2 heterocycles. The summed E-state index contributed by atoms with van der Waals surface area (Å²) in [6.07, 6.45) is -4.02. The summed E-state index contributed by atoms with van der Waals surface area (Å²) in [5.41, 5.74) is -0.478. The number of morpholine rings is 1. The molecule has 0 radical (unpaired) electrons. The molecule has 30 heavy (non-hydrogen) atoms. The van der Waals surface area contributed by atoms with Crippen LogP contribution in [0, 0.1) is 0 Å². The van der Waals surface area contributed by atoms with Gasteiger partial charge >= 0.3 is 6.18 Å². The van der Waals surface area contributed by atoms with Gasteiger partial charge in [-0.15, -0.1) is 11.3 Å². The van der Waals surface area contributed by atoms with Crippen LogP contribution in [0.5, 0.6) is 0 Å². The number of rotatable bonds is 8. The summed E-state index contributed by atoms with van der Waals surface area (Å²) < 4.78 is 44.2. The number of fused-ring (bicyclic) bond motifs is 1. The normalized spacial score (nSPS) is 15.3. The third kappa shape index (κ3) is 6.64. The molecule has 2 aromatic rings. The van der Waals surface area contributed by atoms with Gasteiger partial charge in [-0.25, -0.2) is 4.98 Å². The summed E-state index contributed by atoms with van der Waals surface area (Å²) in [6, 6.07) is 3.42. The van der Waals surface area contributed by atoms with E-state index in [1.807, 2.05) is 0 Å². The second-order valence-electron chi connectivity index (χ2n) is 6.87. The fourth-order valence-corrected chi connectivity index (χ4v) is 3.93. The third-order valence-electron chi connectivity index (χ3n) is 4.63. The van der Waals surface area contributed by atoms with Crippen molar-refractivity contribution in [2.45, 2.75) is 19.0 Å². The summed E-state index contributed by atoms with van der Waals surface area (Å²) in [6.45, 7) is 4.20. The molecular formula is C19H23F3N4O3S. The van der Waals surface area contributed by atoms with Gasteiger partial charge in [-0.3, -0.25) is 14.5 Å². The Morgan fingerprint density at radius 3 is 2.67 bits per heavy atom. The van der Waals surface area contributed by atoms with Crippen molar-refractivity contribution in [1.29, 1.82) is 0 Å². The molecule has 1 aromatic heterocycles. The van der Waals surface area contributed by atoms with Crippen molar-refractivity contribution in [2.24, 2.45) is 0 Å². The second kappa shape index (κ2) is 10.2. The molecule has 0 spiro atoms. The SMILES string of the molecule is O=C(CCc1nc2cc(C(F)(F)F)ccc2s1)NCC(=O)NCCN1CCOCC1. The average Bonchev–Trinajstić information content (AvgIpc) is 3.13. The number of carbonyl (C=O) groups is 2. The molecule has 0 unspecified atom stereocenters. The van der Waals surface area contributed by atoms with Crippen LogP contribution >= 0.6 is 11.3 Å². The number of hydrogen-bond donors (Lipinski definition) is 2. The van der Waals surface area contributed by atoms with Crippen LogP contribution < -0.4 is 10.6 Å². The van der Waals surface area contributed by atoms with E-state index in [9.17, 15) is 22.8 Å². The van der Waals surface area contributed by atoms with E-state index in [-0.39, 0.29) is 30.3 Å². The lowest BCUT2D eigenvalue weighted by atomic mass is 10.2. The summed E-state index contributed by atoms with van der Waals surface area (Å²) >= 11 is 1.26. The smallest absolute Gasteiger partial charge is 0.379 e. The number of aryl methyl sites for hydroxylation is 1. The highest BCUT2D eigenvalue weighted by molar-refractivity contribution is 7.18. The summed E-state index contributed by atoms with van der Waals surface area (Å²) in [5.74, 6) is -0.579. The van der Waals surface area contributed by atoms with Gasteiger partial charge in [0.25, 0.3) is 0 Å². The lowest BCUT2D eigenvalue weighted by Crippen LogP contribution is -2.43. The molecule has 2 amide bonds. The Bertz CT molecular complexity index is 882. The maximum atomic E-state index is 12.8. The molecule has 164 valence electrons. The van der Waals surface area contributed by atoms with Crippen LogP contribution in [-0.2, 0) is 26.9 Å². The van der Waals surface area contributed by atoms with Crippen LogP contribution in [-0.4, -0.2) is 67.6 Å². The molecule has 1 aliphatic heterocycles. The van der Waals surface area contributed by atoms with E-state index in [1.165, 1.54) is 17.4 Å². The van der Waals surface area contributed by atoms with Gasteiger partial charge in [-0.1, -0.05) is 0 Å². The van der Waals surface area contributed by atoms with E-state index in [2.05, 4.69) is 20.5 Å². The van der Waals surface area contributed by atoms with Crippen LogP contribution in [0.15, 0.2) is 18.2 Å². The number of halogens is 3. The van der Waals surface area contributed by atoms with Crippen LogP contribution in [0.3, 0.4) is 0 Å². The maximum absolute atomic E-state index is 12.8. The molecular weight excluding hydrogens is 421 g/mol. The predicted molar refractivity (Wildman–Crippen MR) is 106 cm³/mol. The van der Waals surface area contributed by atoms with Gasteiger partial charge in [0.1, 0.15) is 0 Å². The standard InChI is InChI=1S/C19H23F3N4O3S/c20-19(21,22)13-1-2-15-14(11-13)25-18(30-15)4-3-16(27)24-12-17(28)23-5-6-26-7-9-29-10-8-26/h1-2,11H,3-10,12H2,(H,23,28)(H,24,27). The number of nitrogens with zero attached hydrogens (tertiary/aromatic N) is 2. The van der Waals surface area contributed by atoms with Gasteiger partial charge in [0.05, 0.1) is 40.5 Å². The fraction of sp³-hybridized carbons (Fsp3) is 0.526. The average molecular weight is 444 g/mol. The largest absolute Gasteiger partial charge is 0.416 e. The number of aromatic nitrogens is 1. The number of benzene rings is 1. The van der Waals surface area contributed by atoms with E-state index in [1.54, 1.807) is 0 Å². The summed E-state index contributed by atoms with van der Waals surface area (Å²) in [5, 5.41) is 5.88. The second-order valence-corrected chi connectivity index (χ2v) is 7.98. The zero-order valence-corrected chi connectivity index (χ0v) is 17.1. The first-order valence-corrected chi connectivity index (χ1v) is 10.4. The summed E-state index contributed by atoms with van der Waals surface area (Å²) in [7, 11) is 0. The van der Waals surface area contributed by atoms with Crippen molar-refractivity contribution in [3.8, 4) is 0 Å². The Kier molecular flexibility index (Phi) is 7.62. The quantitative estimate of drug-likeness (QED) is 0.649. The third-order valence-corrected chi connectivity index (χ3v) is 5.72. The van der Waals surface area contributed by atoms with E-state index >= 15 is 0 Å². The van der Waals surface area contributed by atoms with Gasteiger partial charge in [0.15, 0.2) is 0 Å². The maximum Gasteiger partial charge on any atom is 0.416 e. The molecule has 3 rings (SSSR count).